The molecule has 1 aromatic heterocycles. The van der Waals surface area contributed by atoms with Crippen molar-refractivity contribution in [3.05, 3.63) is 18.2 Å². The second kappa shape index (κ2) is 4.74. The van der Waals surface area contributed by atoms with Crippen molar-refractivity contribution < 1.29 is 5.11 Å². The highest BCUT2D eigenvalue weighted by molar-refractivity contribution is 5.80. The third kappa shape index (κ3) is 2.38. The number of hydrogen-bond donors (Lipinski definition) is 3. The summed E-state index contributed by atoms with van der Waals surface area (Å²) < 4.78 is 0. The number of fused-ring (bicyclic) bond motifs is 1. The molecule has 5 nitrogen and oxygen atoms in total. The van der Waals surface area contributed by atoms with E-state index in [0.717, 1.165) is 48.6 Å². The molecule has 1 aromatic carbocycles. The van der Waals surface area contributed by atoms with E-state index < -0.39 is 0 Å². The number of aromatic amines is 1. The summed E-state index contributed by atoms with van der Waals surface area (Å²) in [6, 6.07) is 5.72. The molecule has 1 aliphatic rings. The largest absolute Gasteiger partial charge is 0.399 e. The van der Waals surface area contributed by atoms with Gasteiger partial charge in [-0.1, -0.05) is 0 Å². The number of rotatable bonds is 2. The molecule has 0 spiro atoms. The summed E-state index contributed by atoms with van der Waals surface area (Å²) in [5.41, 5.74) is 8.45. The van der Waals surface area contributed by atoms with Crippen molar-refractivity contribution in [1.82, 2.24) is 9.97 Å². The third-order valence-corrected chi connectivity index (χ3v) is 4.01. The number of nitrogens with zero attached hydrogens (tertiary/aromatic N) is 2. The molecule has 0 radical (unpaired) electrons. The lowest BCUT2D eigenvalue weighted by Gasteiger charge is -2.33. The second-order valence-corrected chi connectivity index (χ2v) is 5.40. The highest BCUT2D eigenvalue weighted by Gasteiger charge is 2.24. The van der Waals surface area contributed by atoms with Gasteiger partial charge in [-0.05, 0) is 43.9 Å². The Labute approximate surface area is 112 Å². The fourth-order valence-electron chi connectivity index (χ4n) is 2.76. The standard InChI is InChI=1S/C14H20N4O/c1-9(19)10-4-6-18(7-5-10)14-16-12-3-2-11(15)8-13(12)17-14/h2-3,8-10,19H,4-7,15H2,1H3,(H,16,17). The van der Waals surface area contributed by atoms with Crippen LogP contribution in [0.3, 0.4) is 0 Å². The third-order valence-electron chi connectivity index (χ3n) is 4.01. The molecule has 2 aromatic rings. The summed E-state index contributed by atoms with van der Waals surface area (Å²) in [4.78, 5) is 10.2. The minimum atomic E-state index is -0.211. The van der Waals surface area contributed by atoms with Gasteiger partial charge in [0, 0.05) is 18.8 Å². The quantitative estimate of drug-likeness (QED) is 0.719. The molecule has 1 aliphatic heterocycles. The van der Waals surface area contributed by atoms with E-state index >= 15 is 0 Å². The molecule has 0 bridgehead atoms. The Morgan fingerprint density at radius 1 is 1.42 bits per heavy atom. The van der Waals surface area contributed by atoms with Gasteiger partial charge in [0.1, 0.15) is 0 Å². The van der Waals surface area contributed by atoms with Crippen LogP contribution in [0.4, 0.5) is 11.6 Å². The van der Waals surface area contributed by atoms with Crippen molar-refractivity contribution in [1.29, 1.82) is 0 Å². The molecule has 0 amide bonds. The van der Waals surface area contributed by atoms with E-state index in [9.17, 15) is 5.11 Å². The predicted octanol–water partition coefficient (Wildman–Crippen LogP) is 1.74. The monoisotopic (exact) mass is 260 g/mol. The van der Waals surface area contributed by atoms with Crippen LogP contribution in [0.2, 0.25) is 0 Å². The van der Waals surface area contributed by atoms with Crippen molar-refractivity contribution in [2.75, 3.05) is 23.7 Å². The Bertz CT molecular complexity index is 570. The summed E-state index contributed by atoms with van der Waals surface area (Å²) in [5.74, 6) is 1.32. The number of nitrogen functional groups attached to an aromatic ring is 1. The predicted molar refractivity (Wildman–Crippen MR) is 77.1 cm³/mol. The van der Waals surface area contributed by atoms with Crippen molar-refractivity contribution in [3.8, 4) is 0 Å². The molecular formula is C14H20N4O. The average molecular weight is 260 g/mol. The molecule has 1 atom stereocenters. The van der Waals surface area contributed by atoms with E-state index in [-0.39, 0.29) is 6.10 Å². The number of H-pyrrole nitrogens is 1. The van der Waals surface area contributed by atoms with Crippen LogP contribution < -0.4 is 10.6 Å². The van der Waals surface area contributed by atoms with Crippen LogP contribution in [0.5, 0.6) is 0 Å². The molecule has 4 N–H and O–H groups in total. The van der Waals surface area contributed by atoms with Crippen LogP contribution >= 0.6 is 0 Å². The van der Waals surface area contributed by atoms with Gasteiger partial charge in [-0.2, -0.15) is 0 Å². The first-order chi connectivity index (χ1) is 9.13. The Morgan fingerprint density at radius 3 is 2.84 bits per heavy atom. The Hall–Kier alpha value is -1.75. The zero-order valence-corrected chi connectivity index (χ0v) is 11.1. The van der Waals surface area contributed by atoms with E-state index in [4.69, 9.17) is 5.73 Å². The van der Waals surface area contributed by atoms with Gasteiger partial charge in [0.2, 0.25) is 5.95 Å². The summed E-state index contributed by atoms with van der Waals surface area (Å²) >= 11 is 0. The van der Waals surface area contributed by atoms with E-state index in [2.05, 4.69) is 14.9 Å². The van der Waals surface area contributed by atoms with E-state index in [1.165, 1.54) is 0 Å². The van der Waals surface area contributed by atoms with Gasteiger partial charge in [-0.25, -0.2) is 4.98 Å². The van der Waals surface area contributed by atoms with Gasteiger partial charge in [-0.15, -0.1) is 0 Å². The van der Waals surface area contributed by atoms with Gasteiger partial charge >= 0.3 is 0 Å². The summed E-state index contributed by atoms with van der Waals surface area (Å²) in [5, 5.41) is 9.62. The maximum absolute atomic E-state index is 9.62. The van der Waals surface area contributed by atoms with Gasteiger partial charge in [-0.3, -0.25) is 0 Å². The maximum atomic E-state index is 9.62. The van der Waals surface area contributed by atoms with Gasteiger partial charge in [0.05, 0.1) is 17.1 Å². The van der Waals surface area contributed by atoms with Crippen molar-refractivity contribution >= 4 is 22.7 Å². The highest BCUT2D eigenvalue weighted by Crippen LogP contribution is 2.25. The maximum Gasteiger partial charge on any atom is 0.203 e. The minimum absolute atomic E-state index is 0.211. The SMILES string of the molecule is CC(O)C1CCN(c2nc3ccc(N)cc3[nH]2)CC1. The van der Waals surface area contributed by atoms with Gasteiger partial charge < -0.3 is 20.7 Å². The fraction of sp³-hybridized carbons (Fsp3) is 0.500. The number of nitrogens with one attached hydrogen (secondary N) is 1. The number of aliphatic hydroxyl groups excluding tert-OH is 1. The number of aliphatic hydroxyl groups is 1. The van der Waals surface area contributed by atoms with E-state index in [1.807, 2.05) is 25.1 Å². The number of aromatic nitrogens is 2. The van der Waals surface area contributed by atoms with Crippen LogP contribution in [0.25, 0.3) is 11.0 Å². The zero-order valence-electron chi connectivity index (χ0n) is 11.1. The molecule has 1 unspecified atom stereocenters. The number of piperidine rings is 1. The Kier molecular flexibility index (Phi) is 3.06. The van der Waals surface area contributed by atoms with Gasteiger partial charge in [0.25, 0.3) is 0 Å². The fourth-order valence-corrected chi connectivity index (χ4v) is 2.76. The molecule has 0 aliphatic carbocycles. The highest BCUT2D eigenvalue weighted by atomic mass is 16.3. The molecule has 1 saturated heterocycles. The van der Waals surface area contributed by atoms with Crippen LogP contribution in [0.1, 0.15) is 19.8 Å². The topological polar surface area (TPSA) is 78.2 Å². The van der Waals surface area contributed by atoms with Crippen LogP contribution in [0.15, 0.2) is 18.2 Å². The first kappa shape index (κ1) is 12.3. The number of nitrogens with two attached hydrogens (primary N) is 1. The van der Waals surface area contributed by atoms with Crippen molar-refractivity contribution in [3.63, 3.8) is 0 Å². The van der Waals surface area contributed by atoms with Gasteiger partial charge in [0.15, 0.2) is 0 Å². The molecule has 19 heavy (non-hydrogen) atoms. The Balaban J connectivity index is 1.78. The molecular weight excluding hydrogens is 240 g/mol. The summed E-state index contributed by atoms with van der Waals surface area (Å²) in [7, 11) is 0. The second-order valence-electron chi connectivity index (χ2n) is 5.40. The Morgan fingerprint density at radius 2 is 2.16 bits per heavy atom. The lowest BCUT2D eigenvalue weighted by molar-refractivity contribution is 0.109. The zero-order chi connectivity index (χ0) is 13.4. The lowest BCUT2D eigenvalue weighted by atomic mass is 9.92. The average Bonchev–Trinajstić information content (AvgIpc) is 2.81. The smallest absolute Gasteiger partial charge is 0.203 e. The minimum Gasteiger partial charge on any atom is -0.399 e. The van der Waals surface area contributed by atoms with Crippen LogP contribution in [-0.4, -0.2) is 34.3 Å². The summed E-state index contributed by atoms with van der Waals surface area (Å²) in [6.07, 6.45) is 1.81. The first-order valence-electron chi connectivity index (χ1n) is 6.82. The van der Waals surface area contributed by atoms with Crippen molar-refractivity contribution in [2.24, 2.45) is 5.92 Å². The molecule has 5 heteroatoms. The normalized spacial score (nSPS) is 18.9. The van der Waals surface area contributed by atoms with Crippen molar-refractivity contribution in [2.45, 2.75) is 25.9 Å². The van der Waals surface area contributed by atoms with Crippen LogP contribution in [0, 0.1) is 5.92 Å². The molecule has 1 fully saturated rings. The molecule has 102 valence electrons. The van der Waals surface area contributed by atoms with Crippen LogP contribution in [-0.2, 0) is 0 Å². The number of imidazole rings is 1. The molecule has 3 rings (SSSR count). The molecule has 0 saturated carbocycles. The number of hydrogen-bond acceptors (Lipinski definition) is 4. The molecule has 2 heterocycles. The first-order valence-corrected chi connectivity index (χ1v) is 6.82. The summed E-state index contributed by atoms with van der Waals surface area (Å²) in [6.45, 7) is 3.75. The van der Waals surface area contributed by atoms with E-state index in [1.54, 1.807) is 0 Å². The number of anilines is 2. The number of benzene rings is 1. The lowest BCUT2D eigenvalue weighted by Crippen LogP contribution is -2.37. The van der Waals surface area contributed by atoms with E-state index in [0.29, 0.717) is 5.92 Å².